The molecule has 0 aromatic heterocycles. The van der Waals surface area contributed by atoms with Crippen molar-refractivity contribution < 1.29 is 29.3 Å². The first kappa shape index (κ1) is 20.2. The van der Waals surface area contributed by atoms with Crippen molar-refractivity contribution in [1.29, 1.82) is 0 Å². The monoisotopic (exact) mass is 356 g/mol. The van der Waals surface area contributed by atoms with E-state index in [1.807, 2.05) is 0 Å². The average Bonchev–Trinajstić information content (AvgIpc) is 2.53. The molecule has 0 spiro atoms. The molecule has 3 atom stereocenters. The third-order valence-electron chi connectivity index (χ3n) is 5.10. The molecular formula is C19H32O6. The number of aliphatic hydroxyl groups is 1. The van der Waals surface area contributed by atoms with Gasteiger partial charge in [0.25, 0.3) is 0 Å². The van der Waals surface area contributed by atoms with Gasteiger partial charge in [0.2, 0.25) is 0 Å². The fraction of sp³-hybridized carbons (Fsp3) is 0.895. The van der Waals surface area contributed by atoms with Crippen LogP contribution in [-0.4, -0.2) is 47.1 Å². The zero-order valence-electron chi connectivity index (χ0n) is 15.6. The van der Waals surface area contributed by atoms with Gasteiger partial charge >= 0.3 is 11.9 Å². The van der Waals surface area contributed by atoms with Gasteiger partial charge in [0.15, 0.2) is 0 Å². The Morgan fingerprint density at radius 3 is 2.12 bits per heavy atom. The van der Waals surface area contributed by atoms with Crippen molar-refractivity contribution >= 4 is 11.9 Å². The maximum absolute atomic E-state index is 12.4. The third kappa shape index (κ3) is 6.26. The van der Waals surface area contributed by atoms with Crippen LogP contribution in [0.4, 0.5) is 0 Å². The standard InChI is InChI=1S/C19H32O6/c1-19(2,3)11-24-13-5-7-14(8-6-13)25-18(23)16-10-12(20)4-9-15(16)17(21)22/h12-16,20H,4-11H2,1-3H3,(H,21,22). The third-order valence-corrected chi connectivity index (χ3v) is 5.10. The number of esters is 1. The van der Waals surface area contributed by atoms with E-state index in [1.165, 1.54) is 0 Å². The molecule has 25 heavy (non-hydrogen) atoms. The zero-order chi connectivity index (χ0) is 18.6. The lowest BCUT2D eigenvalue weighted by Gasteiger charge is -2.33. The highest BCUT2D eigenvalue weighted by Gasteiger charge is 2.41. The fourth-order valence-corrected chi connectivity index (χ4v) is 3.64. The van der Waals surface area contributed by atoms with Crippen molar-refractivity contribution in [3.8, 4) is 0 Å². The molecule has 3 unspecified atom stereocenters. The number of ether oxygens (including phenoxy) is 2. The average molecular weight is 356 g/mol. The smallest absolute Gasteiger partial charge is 0.310 e. The number of carboxylic acid groups (broad SMARTS) is 1. The van der Waals surface area contributed by atoms with Crippen molar-refractivity contribution in [2.75, 3.05) is 6.61 Å². The number of carbonyl (C=O) groups is 2. The predicted octanol–water partition coefficient (Wildman–Crippen LogP) is 2.77. The van der Waals surface area contributed by atoms with Gasteiger partial charge in [0, 0.05) is 0 Å². The summed E-state index contributed by atoms with van der Waals surface area (Å²) < 4.78 is 11.5. The number of hydrogen-bond donors (Lipinski definition) is 2. The summed E-state index contributed by atoms with van der Waals surface area (Å²) in [5.74, 6) is -2.93. The molecule has 2 saturated carbocycles. The lowest BCUT2D eigenvalue weighted by atomic mass is 9.78. The molecule has 0 radical (unpaired) electrons. The van der Waals surface area contributed by atoms with Gasteiger partial charge in [-0.15, -0.1) is 0 Å². The molecule has 0 aromatic rings. The van der Waals surface area contributed by atoms with E-state index >= 15 is 0 Å². The van der Waals surface area contributed by atoms with E-state index in [4.69, 9.17) is 9.47 Å². The SMILES string of the molecule is CC(C)(C)COC1CCC(OC(=O)C2CC(O)CCC2C(=O)O)CC1. The molecule has 0 saturated heterocycles. The minimum Gasteiger partial charge on any atom is -0.481 e. The highest BCUT2D eigenvalue weighted by atomic mass is 16.5. The molecule has 0 amide bonds. The maximum Gasteiger partial charge on any atom is 0.310 e. The van der Waals surface area contributed by atoms with E-state index in [1.54, 1.807) is 0 Å². The first-order chi connectivity index (χ1) is 11.7. The minimum atomic E-state index is -0.979. The lowest BCUT2D eigenvalue weighted by Crippen LogP contribution is -2.40. The quantitative estimate of drug-likeness (QED) is 0.736. The largest absolute Gasteiger partial charge is 0.481 e. The number of hydrogen-bond acceptors (Lipinski definition) is 5. The Kier molecular flexibility index (Phi) is 6.86. The Hall–Kier alpha value is -1.14. The van der Waals surface area contributed by atoms with Crippen molar-refractivity contribution in [2.45, 2.75) is 84.0 Å². The summed E-state index contributed by atoms with van der Waals surface area (Å²) in [4.78, 5) is 23.8. The Balaban J connectivity index is 1.80. The van der Waals surface area contributed by atoms with Crippen molar-refractivity contribution in [2.24, 2.45) is 17.3 Å². The first-order valence-corrected chi connectivity index (χ1v) is 9.38. The van der Waals surface area contributed by atoms with E-state index in [9.17, 15) is 19.8 Å². The summed E-state index contributed by atoms with van der Waals surface area (Å²) in [7, 11) is 0. The number of rotatable bonds is 5. The number of carbonyl (C=O) groups excluding carboxylic acids is 1. The molecule has 0 heterocycles. The van der Waals surface area contributed by atoms with Gasteiger partial charge in [0.05, 0.1) is 30.7 Å². The summed E-state index contributed by atoms with van der Waals surface area (Å²) >= 11 is 0. The predicted molar refractivity (Wildman–Crippen MR) is 92.0 cm³/mol. The van der Waals surface area contributed by atoms with E-state index in [0.29, 0.717) is 19.4 Å². The van der Waals surface area contributed by atoms with Crippen LogP contribution >= 0.6 is 0 Å². The van der Waals surface area contributed by atoms with Gasteiger partial charge in [-0.05, 0) is 50.4 Å². The van der Waals surface area contributed by atoms with E-state index in [0.717, 1.165) is 25.7 Å². The van der Waals surface area contributed by atoms with Gasteiger partial charge in [-0.25, -0.2) is 0 Å². The molecule has 2 N–H and O–H groups in total. The van der Waals surface area contributed by atoms with Crippen LogP contribution in [0, 0.1) is 17.3 Å². The molecule has 6 heteroatoms. The summed E-state index contributed by atoms with van der Waals surface area (Å²) in [6.07, 6.45) is 3.54. The van der Waals surface area contributed by atoms with Gasteiger partial charge < -0.3 is 19.7 Å². The molecule has 0 aromatic carbocycles. The fourth-order valence-electron chi connectivity index (χ4n) is 3.64. The summed E-state index contributed by atoms with van der Waals surface area (Å²) in [6, 6.07) is 0. The summed E-state index contributed by atoms with van der Waals surface area (Å²) in [5.41, 5.74) is 0.136. The lowest BCUT2D eigenvalue weighted by molar-refractivity contribution is -0.168. The molecule has 144 valence electrons. The minimum absolute atomic E-state index is 0.136. The molecule has 6 nitrogen and oxygen atoms in total. The van der Waals surface area contributed by atoms with Crippen LogP contribution in [0.2, 0.25) is 0 Å². The Labute approximate surface area is 149 Å². The zero-order valence-corrected chi connectivity index (χ0v) is 15.6. The normalized spacial score (nSPS) is 33.7. The van der Waals surface area contributed by atoms with Crippen LogP contribution in [0.25, 0.3) is 0 Å². The highest BCUT2D eigenvalue weighted by molar-refractivity contribution is 5.81. The van der Waals surface area contributed by atoms with E-state index < -0.39 is 29.9 Å². The molecular weight excluding hydrogens is 324 g/mol. The summed E-state index contributed by atoms with van der Waals surface area (Å²) in [5, 5.41) is 19.1. The van der Waals surface area contributed by atoms with Crippen LogP contribution in [0.1, 0.15) is 65.7 Å². The van der Waals surface area contributed by atoms with Crippen LogP contribution < -0.4 is 0 Å². The molecule has 0 bridgehead atoms. The van der Waals surface area contributed by atoms with Crippen LogP contribution in [-0.2, 0) is 19.1 Å². The van der Waals surface area contributed by atoms with Gasteiger partial charge in [-0.3, -0.25) is 9.59 Å². The Morgan fingerprint density at radius 1 is 0.960 bits per heavy atom. The summed E-state index contributed by atoms with van der Waals surface area (Å²) in [6.45, 7) is 7.12. The molecule has 2 fully saturated rings. The van der Waals surface area contributed by atoms with Crippen LogP contribution in [0.15, 0.2) is 0 Å². The molecule has 2 rings (SSSR count). The van der Waals surface area contributed by atoms with Crippen molar-refractivity contribution in [1.82, 2.24) is 0 Å². The Morgan fingerprint density at radius 2 is 1.56 bits per heavy atom. The molecule has 2 aliphatic rings. The van der Waals surface area contributed by atoms with Gasteiger partial charge in [-0.1, -0.05) is 20.8 Å². The number of aliphatic carboxylic acids is 1. The molecule has 2 aliphatic carbocycles. The highest BCUT2D eigenvalue weighted by Crippen LogP contribution is 2.33. The first-order valence-electron chi connectivity index (χ1n) is 9.38. The topological polar surface area (TPSA) is 93.1 Å². The van der Waals surface area contributed by atoms with Crippen LogP contribution in [0.3, 0.4) is 0 Å². The van der Waals surface area contributed by atoms with E-state index in [-0.39, 0.29) is 24.0 Å². The van der Waals surface area contributed by atoms with Gasteiger partial charge in [0.1, 0.15) is 6.10 Å². The maximum atomic E-state index is 12.4. The van der Waals surface area contributed by atoms with E-state index in [2.05, 4.69) is 20.8 Å². The molecule has 0 aliphatic heterocycles. The second-order valence-electron chi connectivity index (χ2n) is 8.73. The van der Waals surface area contributed by atoms with Crippen molar-refractivity contribution in [3.63, 3.8) is 0 Å². The second-order valence-corrected chi connectivity index (χ2v) is 8.73. The Bertz CT molecular complexity index is 461. The van der Waals surface area contributed by atoms with Gasteiger partial charge in [-0.2, -0.15) is 0 Å². The number of aliphatic hydroxyl groups excluding tert-OH is 1. The second kappa shape index (κ2) is 8.49. The number of carboxylic acids is 1. The van der Waals surface area contributed by atoms with Crippen LogP contribution in [0.5, 0.6) is 0 Å². The van der Waals surface area contributed by atoms with Crippen molar-refractivity contribution in [3.05, 3.63) is 0 Å².